The van der Waals surface area contributed by atoms with Crippen molar-refractivity contribution < 1.29 is 17.6 Å². The van der Waals surface area contributed by atoms with E-state index in [1.54, 1.807) is 13.1 Å². The monoisotopic (exact) mass is 449 g/mol. The van der Waals surface area contributed by atoms with Gasteiger partial charge in [-0.2, -0.15) is 4.31 Å². The molecule has 8 nitrogen and oxygen atoms in total. The van der Waals surface area contributed by atoms with Crippen LogP contribution in [0.1, 0.15) is 51.4 Å². The van der Waals surface area contributed by atoms with Gasteiger partial charge in [-0.3, -0.25) is 9.36 Å². The highest BCUT2D eigenvalue weighted by Crippen LogP contribution is 2.29. The van der Waals surface area contributed by atoms with E-state index in [2.05, 4.69) is 0 Å². The van der Waals surface area contributed by atoms with Crippen LogP contribution in [0.3, 0.4) is 0 Å². The van der Waals surface area contributed by atoms with Crippen LogP contribution < -0.4 is 5.76 Å². The number of sulfonamides is 1. The van der Waals surface area contributed by atoms with Crippen LogP contribution in [0.4, 0.5) is 0 Å². The molecule has 2 aromatic rings. The molecule has 4 rings (SSSR count). The maximum atomic E-state index is 13.1. The van der Waals surface area contributed by atoms with Crippen molar-refractivity contribution in [3.8, 4) is 0 Å². The maximum absolute atomic E-state index is 13.1. The number of nitrogens with zero attached hydrogens (tertiary/aromatic N) is 3. The van der Waals surface area contributed by atoms with E-state index in [-0.39, 0.29) is 22.3 Å². The molecule has 31 heavy (non-hydrogen) atoms. The molecule has 0 spiro atoms. The molecule has 1 aromatic heterocycles. The third-order valence-electron chi connectivity index (χ3n) is 6.95. The van der Waals surface area contributed by atoms with E-state index in [4.69, 9.17) is 4.42 Å². The quantitative estimate of drug-likeness (QED) is 0.700. The lowest BCUT2D eigenvalue weighted by molar-refractivity contribution is -0.133. The number of amides is 1. The van der Waals surface area contributed by atoms with Gasteiger partial charge < -0.3 is 9.32 Å². The minimum Gasteiger partial charge on any atom is -0.408 e. The number of hydrogen-bond donors (Lipinski definition) is 0. The highest BCUT2D eigenvalue weighted by atomic mass is 32.2. The predicted octanol–water partition coefficient (Wildman–Crippen LogP) is 2.71. The van der Waals surface area contributed by atoms with E-state index < -0.39 is 15.8 Å². The molecule has 2 fully saturated rings. The van der Waals surface area contributed by atoms with Gasteiger partial charge in [0.25, 0.3) is 0 Å². The Balaban J connectivity index is 1.37. The molecule has 1 aliphatic heterocycles. The topological polar surface area (TPSA) is 92.8 Å². The molecular formula is C22H31N3O5S. The van der Waals surface area contributed by atoms with Gasteiger partial charge >= 0.3 is 5.76 Å². The molecule has 0 radical (unpaired) electrons. The number of aromatic nitrogens is 1. The van der Waals surface area contributed by atoms with E-state index in [1.165, 1.54) is 40.3 Å². The number of aryl methyl sites for hydroxylation is 1. The number of carbonyl (C=O) groups is 1. The molecule has 0 N–H and O–H groups in total. The molecule has 1 amide bonds. The summed E-state index contributed by atoms with van der Waals surface area (Å²) in [5, 5.41) is 0. The van der Waals surface area contributed by atoms with Gasteiger partial charge in [-0.1, -0.05) is 19.3 Å². The van der Waals surface area contributed by atoms with Crippen molar-refractivity contribution in [2.75, 3.05) is 20.1 Å². The van der Waals surface area contributed by atoms with Crippen LogP contribution in [0.5, 0.6) is 0 Å². The highest BCUT2D eigenvalue weighted by Gasteiger charge is 2.32. The van der Waals surface area contributed by atoms with Crippen LogP contribution in [0.15, 0.2) is 32.3 Å². The van der Waals surface area contributed by atoms with Gasteiger partial charge in [0.1, 0.15) is 0 Å². The van der Waals surface area contributed by atoms with Gasteiger partial charge in [0.2, 0.25) is 15.9 Å². The van der Waals surface area contributed by atoms with Crippen LogP contribution in [-0.4, -0.2) is 54.3 Å². The number of carbonyl (C=O) groups excluding carboxylic acids is 1. The fourth-order valence-electron chi connectivity index (χ4n) is 4.84. The van der Waals surface area contributed by atoms with Gasteiger partial charge in [0.05, 0.1) is 10.4 Å². The Bertz CT molecular complexity index is 1110. The molecular weight excluding hydrogens is 418 g/mol. The molecule has 0 unspecified atom stereocenters. The summed E-state index contributed by atoms with van der Waals surface area (Å²) in [6.45, 7) is 0.786. The maximum Gasteiger partial charge on any atom is 0.419 e. The summed E-state index contributed by atoms with van der Waals surface area (Å²) in [6, 6.07) is 4.89. The van der Waals surface area contributed by atoms with Gasteiger partial charge in [0.15, 0.2) is 5.58 Å². The SMILES string of the molecule is CN(C(=O)CC1CCN(S(=O)(=O)c2ccc3c(c2)oc(=O)n3C)CC1)C1CCCCC1. The Hall–Kier alpha value is -2.13. The summed E-state index contributed by atoms with van der Waals surface area (Å²) in [4.78, 5) is 26.4. The Morgan fingerprint density at radius 1 is 1.13 bits per heavy atom. The molecule has 1 saturated carbocycles. The van der Waals surface area contributed by atoms with E-state index in [0.717, 1.165) is 12.8 Å². The molecule has 170 valence electrons. The first-order valence-electron chi connectivity index (χ1n) is 11.1. The lowest BCUT2D eigenvalue weighted by Crippen LogP contribution is -2.42. The lowest BCUT2D eigenvalue weighted by atomic mass is 9.91. The third kappa shape index (κ3) is 4.43. The van der Waals surface area contributed by atoms with Crippen LogP contribution in [0.25, 0.3) is 11.1 Å². The van der Waals surface area contributed by atoms with Gasteiger partial charge in [-0.05, 0) is 43.7 Å². The molecule has 1 aromatic carbocycles. The Labute approximate surface area is 182 Å². The molecule has 0 atom stereocenters. The van der Waals surface area contributed by atoms with E-state index in [1.807, 2.05) is 11.9 Å². The molecule has 2 heterocycles. The molecule has 2 aliphatic rings. The fraction of sp³-hybridized carbons (Fsp3) is 0.636. The fourth-order valence-corrected chi connectivity index (χ4v) is 6.33. The number of fused-ring (bicyclic) bond motifs is 1. The standard InChI is InChI=1S/C22H31N3O5S/c1-23(17-6-4-3-5-7-17)21(26)14-16-10-12-25(13-11-16)31(28,29)18-8-9-19-20(15-18)30-22(27)24(19)2/h8-9,15-17H,3-7,10-14H2,1-2H3. The molecule has 1 saturated heterocycles. The van der Waals surface area contributed by atoms with Crippen molar-refractivity contribution in [3.63, 3.8) is 0 Å². The summed E-state index contributed by atoms with van der Waals surface area (Å²) < 4.78 is 34.1. The highest BCUT2D eigenvalue weighted by molar-refractivity contribution is 7.89. The number of benzene rings is 1. The van der Waals surface area contributed by atoms with Crippen LogP contribution in [0.2, 0.25) is 0 Å². The first-order valence-corrected chi connectivity index (χ1v) is 12.6. The summed E-state index contributed by atoms with van der Waals surface area (Å²) in [6.07, 6.45) is 7.65. The third-order valence-corrected chi connectivity index (χ3v) is 8.85. The minimum atomic E-state index is -3.68. The lowest BCUT2D eigenvalue weighted by Gasteiger charge is -2.34. The first kappa shape index (κ1) is 22.1. The van der Waals surface area contributed by atoms with Gasteiger partial charge in [-0.15, -0.1) is 0 Å². The van der Waals surface area contributed by atoms with E-state index in [0.29, 0.717) is 43.9 Å². The van der Waals surface area contributed by atoms with Crippen LogP contribution in [0, 0.1) is 5.92 Å². The Kier molecular flexibility index (Phi) is 6.25. The van der Waals surface area contributed by atoms with Crippen LogP contribution in [-0.2, 0) is 21.9 Å². The van der Waals surface area contributed by atoms with Crippen molar-refractivity contribution >= 4 is 27.0 Å². The number of piperidine rings is 1. The van der Waals surface area contributed by atoms with Crippen molar-refractivity contribution in [1.29, 1.82) is 0 Å². The number of hydrogen-bond acceptors (Lipinski definition) is 5. The average molecular weight is 450 g/mol. The summed E-state index contributed by atoms with van der Waals surface area (Å²) in [5.74, 6) is -0.134. The molecule has 9 heteroatoms. The second-order valence-electron chi connectivity index (χ2n) is 8.90. The van der Waals surface area contributed by atoms with E-state index in [9.17, 15) is 18.0 Å². The normalized spacial score (nSPS) is 19.7. The zero-order chi connectivity index (χ0) is 22.2. The smallest absolute Gasteiger partial charge is 0.408 e. The van der Waals surface area contributed by atoms with Crippen molar-refractivity contribution in [1.82, 2.24) is 13.8 Å². The van der Waals surface area contributed by atoms with Gasteiger partial charge in [-0.25, -0.2) is 13.2 Å². The Morgan fingerprint density at radius 3 is 2.48 bits per heavy atom. The second kappa shape index (κ2) is 8.78. The molecule has 1 aliphatic carbocycles. The summed E-state index contributed by atoms with van der Waals surface area (Å²) in [7, 11) is -0.180. The zero-order valence-electron chi connectivity index (χ0n) is 18.2. The molecule has 0 bridgehead atoms. The summed E-state index contributed by atoms with van der Waals surface area (Å²) >= 11 is 0. The van der Waals surface area contributed by atoms with Crippen LogP contribution >= 0.6 is 0 Å². The van der Waals surface area contributed by atoms with Crippen molar-refractivity contribution in [2.24, 2.45) is 13.0 Å². The van der Waals surface area contributed by atoms with E-state index >= 15 is 0 Å². The zero-order valence-corrected chi connectivity index (χ0v) is 19.1. The predicted molar refractivity (Wildman–Crippen MR) is 117 cm³/mol. The summed E-state index contributed by atoms with van der Waals surface area (Å²) in [5.41, 5.74) is 0.822. The first-order chi connectivity index (χ1) is 14.8. The second-order valence-corrected chi connectivity index (χ2v) is 10.8. The van der Waals surface area contributed by atoms with Gasteiger partial charge in [0, 0.05) is 45.7 Å². The largest absolute Gasteiger partial charge is 0.419 e. The number of rotatable bonds is 5. The average Bonchev–Trinajstić information content (AvgIpc) is 3.07. The minimum absolute atomic E-state index is 0.126. The Morgan fingerprint density at radius 2 is 1.81 bits per heavy atom. The number of oxazole rings is 1. The van der Waals surface area contributed by atoms with Crippen molar-refractivity contribution in [2.45, 2.75) is 62.3 Å². The van der Waals surface area contributed by atoms with Crippen molar-refractivity contribution in [3.05, 3.63) is 28.7 Å².